The first kappa shape index (κ1) is 55.9. The van der Waals surface area contributed by atoms with Crippen LogP contribution in [0.15, 0.2) is 109 Å². The van der Waals surface area contributed by atoms with Crippen molar-refractivity contribution >= 4 is 5.97 Å². The highest BCUT2D eigenvalue weighted by Crippen LogP contribution is 2.22. The molecule has 1 saturated heterocycles. The van der Waals surface area contributed by atoms with Crippen molar-refractivity contribution in [3.63, 3.8) is 0 Å². The minimum atomic E-state index is -1.55. The second-order valence-corrected chi connectivity index (χ2v) is 15.5. The predicted molar refractivity (Wildman–Crippen MR) is 251 cm³/mol. The van der Waals surface area contributed by atoms with Crippen LogP contribution in [0.5, 0.6) is 0 Å². The van der Waals surface area contributed by atoms with Crippen LogP contribution in [0.4, 0.5) is 0 Å². The maximum Gasteiger partial charge on any atom is 0.306 e. The first-order chi connectivity index (χ1) is 29.9. The Bertz CT molecular complexity index is 1290. The van der Waals surface area contributed by atoms with E-state index in [2.05, 4.69) is 123 Å². The third-order valence-corrected chi connectivity index (χ3v) is 9.92. The fraction of sp³-hybridized carbons (Fsp3) is 0.635. The number of allylic oxidation sites excluding steroid dienone is 18. The Morgan fingerprint density at radius 1 is 0.541 bits per heavy atom. The van der Waals surface area contributed by atoms with Gasteiger partial charge in [0.1, 0.15) is 30.5 Å². The minimum absolute atomic E-state index is 0.101. The Morgan fingerprint density at radius 2 is 1.00 bits per heavy atom. The van der Waals surface area contributed by atoms with E-state index < -0.39 is 43.4 Å². The molecule has 0 aliphatic carbocycles. The molecule has 1 heterocycles. The Kier molecular flexibility index (Phi) is 38.6. The van der Waals surface area contributed by atoms with Crippen molar-refractivity contribution in [1.82, 2.24) is 0 Å². The zero-order valence-corrected chi connectivity index (χ0v) is 37.9. The third kappa shape index (κ3) is 33.1. The summed E-state index contributed by atoms with van der Waals surface area (Å²) in [4.78, 5) is 12.8. The number of carbonyl (C=O) groups is 1. The fourth-order valence-electron chi connectivity index (χ4n) is 6.25. The molecule has 1 aliphatic heterocycles. The molecule has 0 aromatic carbocycles. The summed E-state index contributed by atoms with van der Waals surface area (Å²) in [6.07, 6.45) is 52.6. The van der Waals surface area contributed by atoms with Gasteiger partial charge in [-0.15, -0.1) is 0 Å². The molecular formula is C52H84O9. The van der Waals surface area contributed by atoms with Crippen LogP contribution in [0.2, 0.25) is 0 Å². The summed E-state index contributed by atoms with van der Waals surface area (Å²) in [5, 5.41) is 40.1. The summed E-state index contributed by atoms with van der Waals surface area (Å²) in [5.74, 6) is -0.349. The van der Waals surface area contributed by atoms with E-state index >= 15 is 0 Å². The van der Waals surface area contributed by atoms with E-state index in [1.165, 1.54) is 12.8 Å². The topological polar surface area (TPSA) is 135 Å². The molecule has 1 fully saturated rings. The number of ether oxygens (including phenoxy) is 4. The van der Waals surface area contributed by atoms with Gasteiger partial charge in [-0.2, -0.15) is 0 Å². The van der Waals surface area contributed by atoms with Crippen molar-refractivity contribution < 1.29 is 44.2 Å². The van der Waals surface area contributed by atoms with E-state index in [-0.39, 0.29) is 25.6 Å². The number of unbranched alkanes of at least 4 members (excludes halogenated alkanes) is 9. The van der Waals surface area contributed by atoms with Crippen molar-refractivity contribution in [2.75, 3.05) is 26.4 Å². The molecule has 0 radical (unpaired) electrons. The number of hydrogen-bond acceptors (Lipinski definition) is 9. The van der Waals surface area contributed by atoms with Crippen molar-refractivity contribution in [3.8, 4) is 0 Å². The van der Waals surface area contributed by atoms with Gasteiger partial charge in [0.05, 0.1) is 19.8 Å². The molecule has 0 amide bonds. The highest BCUT2D eigenvalue weighted by Gasteiger charge is 2.44. The van der Waals surface area contributed by atoms with Crippen LogP contribution < -0.4 is 0 Å². The minimum Gasteiger partial charge on any atom is -0.457 e. The SMILES string of the molecule is CC/C=C\C/C=C\C/C=C\C/C=C\C/C=C\C/C=C\C/C=C\CCCCOCC(COC1OC(CO)C(O)C(O)C1O)OC(=O)CCCCCCC/C=C\C/C=C\CCCC. The summed E-state index contributed by atoms with van der Waals surface area (Å²) in [6, 6.07) is 0. The van der Waals surface area contributed by atoms with Crippen LogP contribution in [0.1, 0.15) is 149 Å². The molecule has 0 aromatic heterocycles. The number of rotatable bonds is 38. The molecule has 0 bridgehead atoms. The smallest absolute Gasteiger partial charge is 0.306 e. The average molecular weight is 853 g/mol. The predicted octanol–water partition coefficient (Wildman–Crippen LogP) is 11.0. The molecule has 6 atom stereocenters. The molecule has 1 rings (SSSR count). The van der Waals surface area contributed by atoms with Crippen molar-refractivity contribution in [1.29, 1.82) is 0 Å². The van der Waals surface area contributed by atoms with E-state index in [0.717, 1.165) is 116 Å². The number of esters is 1. The Morgan fingerprint density at radius 3 is 1.51 bits per heavy atom. The number of aliphatic hydroxyl groups is 4. The van der Waals surface area contributed by atoms with Gasteiger partial charge >= 0.3 is 5.97 Å². The van der Waals surface area contributed by atoms with Crippen LogP contribution in [-0.2, 0) is 23.7 Å². The summed E-state index contributed by atoms with van der Waals surface area (Å²) < 4.78 is 22.7. The van der Waals surface area contributed by atoms with E-state index in [1.807, 2.05) is 0 Å². The zero-order chi connectivity index (χ0) is 44.3. The molecular weight excluding hydrogens is 769 g/mol. The largest absolute Gasteiger partial charge is 0.457 e. The monoisotopic (exact) mass is 853 g/mol. The zero-order valence-electron chi connectivity index (χ0n) is 37.9. The summed E-state index contributed by atoms with van der Waals surface area (Å²) in [5.41, 5.74) is 0. The highest BCUT2D eigenvalue weighted by atomic mass is 16.7. The maximum absolute atomic E-state index is 12.8. The molecule has 9 heteroatoms. The summed E-state index contributed by atoms with van der Waals surface area (Å²) in [7, 11) is 0. The third-order valence-electron chi connectivity index (χ3n) is 9.92. The Hall–Kier alpha value is -3.15. The van der Waals surface area contributed by atoms with Gasteiger partial charge in [0, 0.05) is 13.0 Å². The summed E-state index contributed by atoms with van der Waals surface area (Å²) in [6.45, 7) is 4.24. The summed E-state index contributed by atoms with van der Waals surface area (Å²) >= 11 is 0. The van der Waals surface area contributed by atoms with E-state index in [1.54, 1.807) is 0 Å². The van der Waals surface area contributed by atoms with Crippen molar-refractivity contribution in [3.05, 3.63) is 109 Å². The highest BCUT2D eigenvalue weighted by molar-refractivity contribution is 5.69. The number of aliphatic hydroxyl groups excluding tert-OH is 4. The molecule has 0 aromatic rings. The van der Waals surface area contributed by atoms with Crippen LogP contribution >= 0.6 is 0 Å². The second-order valence-electron chi connectivity index (χ2n) is 15.5. The van der Waals surface area contributed by atoms with E-state index in [0.29, 0.717) is 6.61 Å². The van der Waals surface area contributed by atoms with Gasteiger partial charge in [0.2, 0.25) is 0 Å². The van der Waals surface area contributed by atoms with Gasteiger partial charge in [0.25, 0.3) is 0 Å². The lowest BCUT2D eigenvalue weighted by Crippen LogP contribution is -2.59. The Balaban J connectivity index is 2.30. The molecule has 0 spiro atoms. The van der Waals surface area contributed by atoms with Crippen LogP contribution in [0.25, 0.3) is 0 Å². The quantitative estimate of drug-likeness (QED) is 0.0272. The molecule has 0 saturated carbocycles. The van der Waals surface area contributed by atoms with Gasteiger partial charge < -0.3 is 39.4 Å². The van der Waals surface area contributed by atoms with Gasteiger partial charge in [0.15, 0.2) is 6.29 Å². The van der Waals surface area contributed by atoms with E-state index in [9.17, 15) is 25.2 Å². The van der Waals surface area contributed by atoms with Gasteiger partial charge in [-0.05, 0) is 96.3 Å². The molecule has 1 aliphatic rings. The van der Waals surface area contributed by atoms with Gasteiger partial charge in [-0.1, -0.05) is 155 Å². The van der Waals surface area contributed by atoms with E-state index in [4.69, 9.17) is 18.9 Å². The fourth-order valence-corrected chi connectivity index (χ4v) is 6.25. The lowest BCUT2D eigenvalue weighted by Gasteiger charge is -2.39. The normalized spacial score (nSPS) is 20.9. The molecule has 346 valence electrons. The van der Waals surface area contributed by atoms with Crippen molar-refractivity contribution in [2.45, 2.75) is 185 Å². The molecule has 61 heavy (non-hydrogen) atoms. The van der Waals surface area contributed by atoms with Crippen LogP contribution in [0.3, 0.4) is 0 Å². The second kappa shape index (κ2) is 42.2. The van der Waals surface area contributed by atoms with Gasteiger partial charge in [-0.3, -0.25) is 4.79 Å². The molecule has 4 N–H and O–H groups in total. The maximum atomic E-state index is 12.8. The molecule has 6 unspecified atom stereocenters. The number of carbonyl (C=O) groups excluding carboxylic acids is 1. The lowest BCUT2D eigenvalue weighted by molar-refractivity contribution is -0.305. The lowest BCUT2D eigenvalue weighted by atomic mass is 9.99. The van der Waals surface area contributed by atoms with Gasteiger partial charge in [-0.25, -0.2) is 0 Å². The Labute approximate surface area is 370 Å². The van der Waals surface area contributed by atoms with Crippen molar-refractivity contribution in [2.24, 2.45) is 0 Å². The first-order valence-electron chi connectivity index (χ1n) is 23.5. The van der Waals surface area contributed by atoms with Crippen LogP contribution in [0, 0.1) is 0 Å². The number of hydrogen-bond donors (Lipinski definition) is 4. The van der Waals surface area contributed by atoms with Crippen LogP contribution in [-0.4, -0.2) is 89.6 Å². The first-order valence-corrected chi connectivity index (χ1v) is 23.5. The average Bonchev–Trinajstić information content (AvgIpc) is 3.26. The standard InChI is InChI=1S/C52H84O9/c1-3-5-7-9-11-13-15-17-19-20-21-22-23-24-25-26-27-28-30-32-34-36-38-40-42-58-44-46(45-59-52-51(57)50(56)49(55)47(43-53)61-52)60-48(54)41-39-37-35-33-31-29-18-16-14-12-10-8-6-4-2/h5,7,10-13,16-19,21-22,24-25,27-28,32,34,46-47,49-53,55-57H,3-4,6,8-9,14-15,20,23,26,29-31,33,35-45H2,1-2H3/b7-5-,12-10-,13-11-,18-16-,19-17-,22-21-,25-24-,28-27-,34-32-. The molecule has 9 nitrogen and oxygen atoms in total.